The highest BCUT2D eigenvalue weighted by atomic mass is 35.5. The summed E-state index contributed by atoms with van der Waals surface area (Å²) < 4.78 is 0. The van der Waals surface area contributed by atoms with Crippen LogP contribution < -0.4 is 5.73 Å². The molecule has 0 saturated carbocycles. The van der Waals surface area contributed by atoms with Gasteiger partial charge in [-0.15, -0.1) is 0 Å². The average molecular weight is 248 g/mol. The maximum absolute atomic E-state index is 8.96. The van der Waals surface area contributed by atoms with Crippen LogP contribution in [0.3, 0.4) is 0 Å². The molecule has 1 rings (SSSR count). The fourth-order valence-corrected chi connectivity index (χ4v) is 1.92. The normalized spacial score (nSPS) is 15.0. The van der Waals surface area contributed by atoms with Crippen molar-refractivity contribution in [3.8, 4) is 0 Å². The van der Waals surface area contributed by atoms with Gasteiger partial charge in [0, 0.05) is 18.6 Å². The molecule has 4 heteroatoms. The van der Waals surface area contributed by atoms with Crippen molar-refractivity contribution < 1.29 is 5.11 Å². The molecule has 0 saturated heterocycles. The molecular weight excluding hydrogens is 233 g/mol. The van der Waals surface area contributed by atoms with Gasteiger partial charge in [0.2, 0.25) is 0 Å². The van der Waals surface area contributed by atoms with Gasteiger partial charge in [-0.25, -0.2) is 0 Å². The Labute approximate surface area is 100.0 Å². The number of aliphatic hydroxyl groups excluding tert-OH is 1. The van der Waals surface area contributed by atoms with Gasteiger partial charge in [0.15, 0.2) is 0 Å². The summed E-state index contributed by atoms with van der Waals surface area (Å²) in [7, 11) is 0. The third-order valence-corrected chi connectivity index (χ3v) is 3.19. The zero-order chi connectivity index (χ0) is 11.4. The van der Waals surface area contributed by atoms with Gasteiger partial charge in [-0.3, -0.25) is 0 Å². The fraction of sp³-hybridized carbons (Fsp3) is 0.455. The number of nitrogens with two attached hydrogens (primary N) is 1. The molecule has 1 aromatic rings. The molecule has 0 aliphatic carbocycles. The second-order valence-electron chi connectivity index (χ2n) is 3.65. The molecule has 0 amide bonds. The number of hydrogen-bond donors (Lipinski definition) is 2. The monoisotopic (exact) mass is 247 g/mol. The highest BCUT2D eigenvalue weighted by Crippen LogP contribution is 2.29. The Morgan fingerprint density at radius 2 is 2.00 bits per heavy atom. The summed E-state index contributed by atoms with van der Waals surface area (Å²) in [6.45, 7) is 2.04. The van der Waals surface area contributed by atoms with Crippen LogP contribution in [0.1, 0.15) is 24.8 Å². The van der Waals surface area contributed by atoms with E-state index in [4.69, 9.17) is 34.0 Å². The number of halogens is 2. The van der Waals surface area contributed by atoms with Crippen molar-refractivity contribution in [3.63, 3.8) is 0 Å². The Morgan fingerprint density at radius 3 is 2.47 bits per heavy atom. The lowest BCUT2D eigenvalue weighted by Gasteiger charge is -2.20. The minimum atomic E-state index is -0.0191. The minimum absolute atomic E-state index is 0.0191. The molecule has 2 atom stereocenters. The minimum Gasteiger partial charge on any atom is -0.396 e. The average Bonchev–Trinajstić information content (AvgIpc) is 2.18. The number of rotatable bonds is 4. The second kappa shape index (κ2) is 5.71. The van der Waals surface area contributed by atoms with E-state index in [-0.39, 0.29) is 18.6 Å². The quantitative estimate of drug-likeness (QED) is 0.860. The van der Waals surface area contributed by atoms with E-state index in [1.807, 2.05) is 19.1 Å². The van der Waals surface area contributed by atoms with E-state index < -0.39 is 0 Å². The van der Waals surface area contributed by atoms with Gasteiger partial charge >= 0.3 is 0 Å². The topological polar surface area (TPSA) is 46.2 Å². The number of aliphatic hydroxyl groups is 1. The third-order valence-electron chi connectivity index (χ3n) is 2.45. The maximum atomic E-state index is 8.96. The maximum Gasteiger partial charge on any atom is 0.0595 e. The van der Waals surface area contributed by atoms with Crippen molar-refractivity contribution in [2.24, 2.45) is 5.73 Å². The van der Waals surface area contributed by atoms with Crippen LogP contribution in [0.2, 0.25) is 10.0 Å². The van der Waals surface area contributed by atoms with E-state index >= 15 is 0 Å². The first-order valence-corrected chi connectivity index (χ1v) is 5.63. The predicted molar refractivity (Wildman–Crippen MR) is 64.6 cm³/mol. The van der Waals surface area contributed by atoms with E-state index in [2.05, 4.69) is 0 Å². The Morgan fingerprint density at radius 1 is 1.33 bits per heavy atom. The lowest BCUT2D eigenvalue weighted by atomic mass is 9.90. The van der Waals surface area contributed by atoms with Crippen molar-refractivity contribution in [2.75, 3.05) is 6.61 Å². The van der Waals surface area contributed by atoms with Crippen LogP contribution >= 0.6 is 23.2 Å². The van der Waals surface area contributed by atoms with Crippen LogP contribution in [0.5, 0.6) is 0 Å². The largest absolute Gasteiger partial charge is 0.396 e. The van der Waals surface area contributed by atoms with Crippen LogP contribution in [-0.2, 0) is 0 Å². The summed E-state index contributed by atoms with van der Waals surface area (Å²) in [5.41, 5.74) is 6.88. The smallest absolute Gasteiger partial charge is 0.0595 e. The highest BCUT2D eigenvalue weighted by molar-refractivity contribution is 6.42. The molecule has 0 heterocycles. The summed E-state index contributed by atoms with van der Waals surface area (Å²) in [5.74, 6) is 0.116. The van der Waals surface area contributed by atoms with Crippen molar-refractivity contribution >= 4 is 23.2 Å². The molecule has 0 radical (unpaired) electrons. The molecule has 0 spiro atoms. The summed E-state index contributed by atoms with van der Waals surface area (Å²) in [4.78, 5) is 0. The van der Waals surface area contributed by atoms with E-state index in [0.29, 0.717) is 16.5 Å². The van der Waals surface area contributed by atoms with Crippen LogP contribution in [0.15, 0.2) is 18.2 Å². The molecule has 1 aromatic carbocycles. The van der Waals surface area contributed by atoms with Gasteiger partial charge in [-0.1, -0.05) is 29.3 Å². The Kier molecular flexibility index (Phi) is 4.87. The van der Waals surface area contributed by atoms with Crippen LogP contribution in [0.4, 0.5) is 0 Å². The SMILES string of the molecule is CC(N)C(CCO)c1ccc(Cl)c(Cl)c1. The first-order valence-electron chi connectivity index (χ1n) is 4.87. The van der Waals surface area contributed by atoms with Crippen molar-refractivity contribution in [1.82, 2.24) is 0 Å². The molecule has 2 unspecified atom stereocenters. The second-order valence-corrected chi connectivity index (χ2v) is 4.47. The molecule has 0 aliphatic heterocycles. The fourth-order valence-electron chi connectivity index (χ4n) is 1.62. The highest BCUT2D eigenvalue weighted by Gasteiger charge is 2.16. The van der Waals surface area contributed by atoms with Crippen molar-refractivity contribution in [2.45, 2.75) is 25.3 Å². The lowest BCUT2D eigenvalue weighted by molar-refractivity contribution is 0.269. The molecule has 0 bridgehead atoms. The van der Waals surface area contributed by atoms with E-state index in [0.717, 1.165) is 5.56 Å². The predicted octanol–water partition coefficient (Wildman–Crippen LogP) is 2.81. The standard InChI is InChI=1S/C11H15Cl2NO/c1-7(14)9(4-5-15)8-2-3-10(12)11(13)6-8/h2-3,6-7,9,15H,4-5,14H2,1H3. The Bertz CT molecular complexity index is 328. The van der Waals surface area contributed by atoms with Crippen molar-refractivity contribution in [1.29, 1.82) is 0 Å². The van der Waals surface area contributed by atoms with Gasteiger partial charge in [0.1, 0.15) is 0 Å². The Balaban J connectivity index is 2.95. The number of benzene rings is 1. The summed E-state index contributed by atoms with van der Waals surface area (Å²) in [6.07, 6.45) is 0.635. The van der Waals surface area contributed by atoms with Crippen LogP contribution in [0, 0.1) is 0 Å². The van der Waals surface area contributed by atoms with E-state index in [1.54, 1.807) is 6.07 Å². The van der Waals surface area contributed by atoms with Gasteiger partial charge < -0.3 is 10.8 Å². The van der Waals surface area contributed by atoms with Gasteiger partial charge in [0.05, 0.1) is 10.0 Å². The van der Waals surface area contributed by atoms with Crippen molar-refractivity contribution in [3.05, 3.63) is 33.8 Å². The Hall–Kier alpha value is -0.280. The van der Waals surface area contributed by atoms with Gasteiger partial charge in [-0.05, 0) is 31.0 Å². The lowest BCUT2D eigenvalue weighted by Crippen LogP contribution is -2.25. The van der Waals surface area contributed by atoms with Crippen LogP contribution in [-0.4, -0.2) is 17.8 Å². The molecule has 0 aliphatic rings. The van der Waals surface area contributed by atoms with Crippen LogP contribution in [0.25, 0.3) is 0 Å². The molecule has 3 N–H and O–H groups in total. The first-order chi connectivity index (χ1) is 7.06. The molecular formula is C11H15Cl2NO. The molecule has 84 valence electrons. The zero-order valence-corrected chi connectivity index (χ0v) is 10.1. The summed E-state index contributed by atoms with van der Waals surface area (Å²) >= 11 is 11.8. The zero-order valence-electron chi connectivity index (χ0n) is 8.58. The third kappa shape index (κ3) is 3.35. The number of hydrogen-bond acceptors (Lipinski definition) is 2. The van der Waals surface area contributed by atoms with E-state index in [9.17, 15) is 0 Å². The summed E-state index contributed by atoms with van der Waals surface area (Å²) in [6, 6.07) is 5.45. The first kappa shape index (κ1) is 12.8. The molecule has 2 nitrogen and oxygen atoms in total. The summed E-state index contributed by atoms with van der Waals surface area (Å²) in [5, 5.41) is 10.0. The van der Waals surface area contributed by atoms with E-state index in [1.165, 1.54) is 0 Å². The molecule has 0 aromatic heterocycles. The molecule has 15 heavy (non-hydrogen) atoms. The van der Waals surface area contributed by atoms with Gasteiger partial charge in [0.25, 0.3) is 0 Å². The molecule has 0 fully saturated rings. The van der Waals surface area contributed by atoms with Gasteiger partial charge in [-0.2, -0.15) is 0 Å².